The van der Waals surface area contributed by atoms with E-state index in [4.69, 9.17) is 14.2 Å². The molecule has 0 unspecified atom stereocenters. The molecule has 0 aliphatic carbocycles. The molecule has 0 rings (SSSR count). The minimum absolute atomic E-state index is 0.0690. The summed E-state index contributed by atoms with van der Waals surface area (Å²) in [6.07, 6.45) is 71.4. The van der Waals surface area contributed by atoms with Crippen LogP contribution in [-0.2, 0) is 23.8 Å². The van der Waals surface area contributed by atoms with E-state index >= 15 is 0 Å². The van der Waals surface area contributed by atoms with Gasteiger partial charge in [0.25, 0.3) is 0 Å². The van der Waals surface area contributed by atoms with Crippen LogP contribution in [0, 0.1) is 0 Å². The fraction of sp³-hybridized carbons (Fsp3) is 0.836. The summed E-state index contributed by atoms with van der Waals surface area (Å²) in [7, 11) is 0. The highest BCUT2D eigenvalue weighted by molar-refractivity contribution is 5.70. The van der Waals surface area contributed by atoms with Crippen molar-refractivity contribution < 1.29 is 23.8 Å². The van der Waals surface area contributed by atoms with Crippen molar-refractivity contribution in [3.05, 3.63) is 48.6 Å². The van der Waals surface area contributed by atoms with Crippen LogP contribution >= 0.6 is 0 Å². The molecule has 1 atom stereocenters. The lowest BCUT2D eigenvalue weighted by Gasteiger charge is -2.18. The quantitative estimate of drug-likeness (QED) is 0.0345. The van der Waals surface area contributed by atoms with Crippen molar-refractivity contribution in [1.82, 2.24) is 0 Å². The Balaban J connectivity index is 4.27. The van der Waals surface area contributed by atoms with Gasteiger partial charge in [0.1, 0.15) is 6.61 Å². The SMILES string of the molecule is CC/C=C\C/C=C\C/C=C\C/C=C\CCCCC(=O)OC[C@@H](COCCCCCCCCCCCCCCCCCC)OC(=O)CCCCCCCCCCCCCCCCCCCCC. The average molecular weight is 926 g/mol. The summed E-state index contributed by atoms with van der Waals surface area (Å²) >= 11 is 0. The van der Waals surface area contributed by atoms with Gasteiger partial charge in [-0.2, -0.15) is 0 Å². The van der Waals surface area contributed by atoms with E-state index in [0.29, 0.717) is 19.4 Å². The molecule has 0 N–H and O–H groups in total. The molecule has 66 heavy (non-hydrogen) atoms. The molecular formula is C61H112O5. The van der Waals surface area contributed by atoms with Crippen molar-refractivity contribution in [2.75, 3.05) is 19.8 Å². The van der Waals surface area contributed by atoms with E-state index in [1.54, 1.807) is 0 Å². The average Bonchev–Trinajstić information content (AvgIpc) is 3.32. The van der Waals surface area contributed by atoms with Crippen LogP contribution in [0.3, 0.4) is 0 Å². The Morgan fingerprint density at radius 3 is 1.09 bits per heavy atom. The van der Waals surface area contributed by atoms with Crippen LogP contribution in [0.2, 0.25) is 0 Å². The molecule has 5 nitrogen and oxygen atoms in total. The molecule has 0 saturated carbocycles. The molecule has 5 heteroatoms. The first-order chi connectivity index (χ1) is 32.6. The predicted octanol–water partition coefficient (Wildman–Crippen LogP) is 19.9. The maximum atomic E-state index is 12.9. The lowest BCUT2D eigenvalue weighted by molar-refractivity contribution is -0.163. The van der Waals surface area contributed by atoms with Crippen LogP contribution in [0.5, 0.6) is 0 Å². The van der Waals surface area contributed by atoms with Gasteiger partial charge in [0.05, 0.1) is 6.61 Å². The third-order valence-corrected chi connectivity index (χ3v) is 12.9. The summed E-state index contributed by atoms with van der Waals surface area (Å²) in [6, 6.07) is 0. The molecular weight excluding hydrogens is 813 g/mol. The lowest BCUT2D eigenvalue weighted by atomic mass is 10.0. The normalized spacial score (nSPS) is 12.5. The monoisotopic (exact) mass is 925 g/mol. The third kappa shape index (κ3) is 54.5. The molecule has 0 radical (unpaired) electrons. The molecule has 0 fully saturated rings. The highest BCUT2D eigenvalue weighted by atomic mass is 16.6. The highest BCUT2D eigenvalue weighted by Crippen LogP contribution is 2.17. The van der Waals surface area contributed by atoms with Crippen LogP contribution in [-0.4, -0.2) is 37.9 Å². The Bertz CT molecular complexity index is 1090. The standard InChI is InChI=1S/C61H112O5/c1-4-7-10-13-16-19-22-25-28-30-31-32-34-37-40-43-46-49-52-55-61(63)66-59(57-64-56-53-50-47-44-41-38-35-29-26-23-20-17-14-11-8-5-2)58-65-60(62)54-51-48-45-42-39-36-33-27-24-21-18-15-12-9-6-3/h9,12,18,21,27,33,39,42,59H,4-8,10-11,13-17,19-20,22-26,28-32,34-38,40-41,43-58H2,1-3H3/b12-9-,21-18-,33-27-,42-39-/t59-/m1/s1. The van der Waals surface area contributed by atoms with E-state index in [2.05, 4.69) is 69.4 Å². The predicted molar refractivity (Wildman–Crippen MR) is 288 cm³/mol. The van der Waals surface area contributed by atoms with Crippen molar-refractivity contribution in [2.45, 2.75) is 309 Å². The van der Waals surface area contributed by atoms with E-state index < -0.39 is 6.10 Å². The van der Waals surface area contributed by atoms with Crippen molar-refractivity contribution >= 4 is 11.9 Å². The maximum absolute atomic E-state index is 12.9. The number of hydrogen-bond acceptors (Lipinski definition) is 5. The molecule has 0 aliphatic rings. The number of unbranched alkanes of at least 4 members (excludes halogenated alkanes) is 35. The summed E-state index contributed by atoms with van der Waals surface area (Å²) in [4.78, 5) is 25.5. The van der Waals surface area contributed by atoms with E-state index in [1.165, 1.54) is 199 Å². The third-order valence-electron chi connectivity index (χ3n) is 12.9. The van der Waals surface area contributed by atoms with E-state index in [-0.39, 0.29) is 25.2 Å². The van der Waals surface area contributed by atoms with Gasteiger partial charge in [-0.3, -0.25) is 9.59 Å². The molecule has 0 bridgehead atoms. The Morgan fingerprint density at radius 2 is 0.682 bits per heavy atom. The molecule has 0 aromatic rings. The number of carbonyl (C=O) groups excluding carboxylic acids is 2. The van der Waals surface area contributed by atoms with Crippen LogP contribution in [0.25, 0.3) is 0 Å². The molecule has 0 heterocycles. The van der Waals surface area contributed by atoms with Crippen LogP contribution in [0.1, 0.15) is 303 Å². The second-order valence-electron chi connectivity index (χ2n) is 19.5. The summed E-state index contributed by atoms with van der Waals surface area (Å²) in [5, 5.41) is 0. The van der Waals surface area contributed by atoms with Crippen molar-refractivity contribution in [3.8, 4) is 0 Å². The highest BCUT2D eigenvalue weighted by Gasteiger charge is 2.17. The van der Waals surface area contributed by atoms with Gasteiger partial charge in [0, 0.05) is 19.4 Å². The van der Waals surface area contributed by atoms with Gasteiger partial charge < -0.3 is 14.2 Å². The van der Waals surface area contributed by atoms with Crippen LogP contribution in [0.15, 0.2) is 48.6 Å². The van der Waals surface area contributed by atoms with Crippen molar-refractivity contribution in [1.29, 1.82) is 0 Å². The molecule has 386 valence electrons. The number of ether oxygens (including phenoxy) is 3. The minimum Gasteiger partial charge on any atom is -0.462 e. The topological polar surface area (TPSA) is 61.8 Å². The van der Waals surface area contributed by atoms with E-state index in [0.717, 1.165) is 70.6 Å². The fourth-order valence-electron chi connectivity index (χ4n) is 8.56. The molecule has 0 saturated heterocycles. The number of carbonyl (C=O) groups is 2. The van der Waals surface area contributed by atoms with Crippen molar-refractivity contribution in [2.24, 2.45) is 0 Å². The minimum atomic E-state index is -0.549. The molecule has 0 aliphatic heterocycles. The molecule has 0 aromatic heterocycles. The van der Waals surface area contributed by atoms with Gasteiger partial charge in [0.15, 0.2) is 6.10 Å². The Labute approximate surface area is 412 Å². The molecule has 0 spiro atoms. The van der Waals surface area contributed by atoms with Gasteiger partial charge in [-0.05, 0) is 57.8 Å². The van der Waals surface area contributed by atoms with Crippen molar-refractivity contribution in [3.63, 3.8) is 0 Å². The summed E-state index contributed by atoms with van der Waals surface area (Å²) in [5.41, 5.74) is 0. The molecule has 0 amide bonds. The number of allylic oxidation sites excluding steroid dienone is 8. The Morgan fingerprint density at radius 1 is 0.348 bits per heavy atom. The fourth-order valence-corrected chi connectivity index (χ4v) is 8.56. The summed E-state index contributed by atoms with van der Waals surface area (Å²) in [5.74, 6) is -0.426. The second-order valence-corrected chi connectivity index (χ2v) is 19.5. The summed E-state index contributed by atoms with van der Waals surface area (Å²) < 4.78 is 17.5. The van der Waals surface area contributed by atoms with Crippen LogP contribution in [0.4, 0.5) is 0 Å². The Kier molecular flexibility index (Phi) is 55.3. The first-order valence-electron chi connectivity index (χ1n) is 29.2. The largest absolute Gasteiger partial charge is 0.462 e. The summed E-state index contributed by atoms with van der Waals surface area (Å²) in [6.45, 7) is 7.74. The number of hydrogen-bond donors (Lipinski definition) is 0. The first-order valence-corrected chi connectivity index (χ1v) is 29.2. The lowest BCUT2D eigenvalue weighted by Crippen LogP contribution is -2.30. The first kappa shape index (κ1) is 63.9. The second kappa shape index (κ2) is 57.2. The van der Waals surface area contributed by atoms with Gasteiger partial charge in [-0.1, -0.05) is 281 Å². The van der Waals surface area contributed by atoms with Gasteiger partial charge in [-0.15, -0.1) is 0 Å². The zero-order chi connectivity index (χ0) is 47.7. The zero-order valence-electron chi connectivity index (χ0n) is 44.5. The number of esters is 2. The Hall–Kier alpha value is -2.14. The zero-order valence-corrected chi connectivity index (χ0v) is 44.5. The van der Waals surface area contributed by atoms with E-state index in [9.17, 15) is 9.59 Å². The van der Waals surface area contributed by atoms with Gasteiger partial charge >= 0.3 is 11.9 Å². The van der Waals surface area contributed by atoms with Crippen LogP contribution < -0.4 is 0 Å². The van der Waals surface area contributed by atoms with Gasteiger partial charge in [0.2, 0.25) is 0 Å². The molecule has 0 aromatic carbocycles. The van der Waals surface area contributed by atoms with Gasteiger partial charge in [-0.25, -0.2) is 0 Å². The smallest absolute Gasteiger partial charge is 0.306 e. The maximum Gasteiger partial charge on any atom is 0.306 e. The number of rotatable bonds is 54. The van der Waals surface area contributed by atoms with E-state index in [1.807, 2.05) is 0 Å².